The van der Waals surface area contributed by atoms with Gasteiger partial charge in [-0.25, -0.2) is 4.98 Å². The molecule has 0 aliphatic carbocycles. The van der Waals surface area contributed by atoms with Gasteiger partial charge in [0.15, 0.2) is 0 Å². The first kappa shape index (κ1) is 16.2. The van der Waals surface area contributed by atoms with Gasteiger partial charge in [-0.15, -0.1) is 0 Å². The van der Waals surface area contributed by atoms with E-state index in [2.05, 4.69) is 9.98 Å². The standard InChI is InChI=1S/C13H15F3N4O2/c1-11(8-5-3-4-7(19-8)9(17)21)6-22-12(2,10(18)20-11)13(14,15)16/h3-5H,6H2,1-2H3,(H2,17,21)(H2,18,20)/t11-,12-/m1/s1. The summed E-state index contributed by atoms with van der Waals surface area (Å²) in [7, 11) is 0. The zero-order chi connectivity index (χ0) is 16.8. The lowest BCUT2D eigenvalue weighted by Crippen LogP contribution is -2.60. The van der Waals surface area contributed by atoms with Crippen molar-refractivity contribution in [2.75, 3.05) is 6.61 Å². The third kappa shape index (κ3) is 2.52. The summed E-state index contributed by atoms with van der Waals surface area (Å²) >= 11 is 0. The van der Waals surface area contributed by atoms with Gasteiger partial charge in [0.1, 0.15) is 17.1 Å². The molecule has 0 unspecified atom stereocenters. The molecule has 0 radical (unpaired) electrons. The van der Waals surface area contributed by atoms with Crippen molar-refractivity contribution >= 4 is 11.7 Å². The summed E-state index contributed by atoms with van der Waals surface area (Å²) in [6.45, 7) is 1.94. The van der Waals surface area contributed by atoms with E-state index < -0.39 is 29.1 Å². The Kier molecular flexibility index (Phi) is 3.64. The highest BCUT2D eigenvalue weighted by atomic mass is 19.4. The van der Waals surface area contributed by atoms with E-state index in [1.54, 1.807) is 0 Å². The van der Waals surface area contributed by atoms with Crippen LogP contribution < -0.4 is 11.5 Å². The van der Waals surface area contributed by atoms with Crippen LogP contribution in [0.5, 0.6) is 0 Å². The first-order valence-corrected chi connectivity index (χ1v) is 6.33. The van der Waals surface area contributed by atoms with Crippen LogP contribution in [0.2, 0.25) is 0 Å². The summed E-state index contributed by atoms with van der Waals surface area (Å²) in [5.41, 5.74) is 6.99. The maximum absolute atomic E-state index is 13.0. The van der Waals surface area contributed by atoms with Crippen molar-refractivity contribution in [3.8, 4) is 0 Å². The molecule has 2 heterocycles. The second kappa shape index (κ2) is 4.94. The Hall–Kier alpha value is -2.16. The minimum absolute atomic E-state index is 0.0170. The number of hydrogen-bond acceptors (Lipinski definition) is 5. The van der Waals surface area contributed by atoms with E-state index in [1.165, 1.54) is 25.1 Å². The van der Waals surface area contributed by atoms with Crippen LogP contribution in [-0.2, 0) is 10.3 Å². The lowest BCUT2D eigenvalue weighted by atomic mass is 9.93. The molecule has 1 aromatic heterocycles. The van der Waals surface area contributed by atoms with Gasteiger partial charge in [0.05, 0.1) is 12.3 Å². The molecule has 4 N–H and O–H groups in total. The summed E-state index contributed by atoms with van der Waals surface area (Å²) in [6.07, 6.45) is -4.69. The maximum Gasteiger partial charge on any atom is 0.424 e. The third-order valence-corrected chi connectivity index (χ3v) is 3.59. The SMILES string of the molecule is C[C@]1(c2cccc(C(N)=O)n2)CO[C@@](C)(C(F)(F)F)C(N)=N1. The number of alkyl halides is 3. The highest BCUT2D eigenvalue weighted by molar-refractivity contribution is 5.91. The van der Waals surface area contributed by atoms with Gasteiger partial charge in [-0.3, -0.25) is 9.79 Å². The number of pyridine rings is 1. The number of aromatic nitrogens is 1. The van der Waals surface area contributed by atoms with Crippen LogP contribution in [0.4, 0.5) is 13.2 Å². The van der Waals surface area contributed by atoms with E-state index in [-0.39, 0.29) is 18.0 Å². The third-order valence-electron chi connectivity index (χ3n) is 3.59. The number of primary amides is 1. The van der Waals surface area contributed by atoms with Crippen molar-refractivity contribution in [3.63, 3.8) is 0 Å². The number of aliphatic imine (C=N–C) groups is 1. The molecule has 120 valence electrons. The lowest BCUT2D eigenvalue weighted by molar-refractivity contribution is -0.249. The Bertz CT molecular complexity index is 646. The average Bonchev–Trinajstić information content (AvgIpc) is 2.42. The second-order valence-corrected chi connectivity index (χ2v) is 5.36. The molecule has 1 aliphatic heterocycles. The quantitative estimate of drug-likeness (QED) is 0.852. The van der Waals surface area contributed by atoms with Gasteiger partial charge in [0, 0.05) is 0 Å². The summed E-state index contributed by atoms with van der Waals surface area (Å²) in [5.74, 6) is -1.45. The van der Waals surface area contributed by atoms with Crippen LogP contribution in [0, 0.1) is 0 Å². The van der Waals surface area contributed by atoms with Gasteiger partial charge in [0.25, 0.3) is 5.91 Å². The molecule has 2 atom stereocenters. The number of carbonyl (C=O) groups excluding carboxylic acids is 1. The first-order chi connectivity index (χ1) is 9.99. The molecule has 0 spiro atoms. The smallest absolute Gasteiger partial charge is 0.385 e. The Labute approximate surface area is 124 Å². The molecule has 1 aliphatic rings. The van der Waals surface area contributed by atoms with Crippen molar-refractivity contribution in [1.29, 1.82) is 0 Å². The van der Waals surface area contributed by atoms with Crippen LogP contribution in [-0.4, -0.2) is 35.1 Å². The monoisotopic (exact) mass is 316 g/mol. The molecule has 0 aromatic carbocycles. The number of hydrogen-bond donors (Lipinski definition) is 2. The van der Waals surface area contributed by atoms with E-state index >= 15 is 0 Å². The van der Waals surface area contributed by atoms with Crippen molar-refractivity contribution in [1.82, 2.24) is 4.98 Å². The van der Waals surface area contributed by atoms with E-state index in [1.807, 2.05) is 0 Å². The minimum Gasteiger partial charge on any atom is -0.385 e. The molecule has 0 saturated heterocycles. The fourth-order valence-electron chi connectivity index (χ4n) is 1.99. The average molecular weight is 316 g/mol. The second-order valence-electron chi connectivity index (χ2n) is 5.36. The molecular weight excluding hydrogens is 301 g/mol. The molecule has 0 fully saturated rings. The molecule has 22 heavy (non-hydrogen) atoms. The molecule has 1 aromatic rings. The van der Waals surface area contributed by atoms with Gasteiger partial charge in [-0.1, -0.05) is 6.07 Å². The lowest BCUT2D eigenvalue weighted by Gasteiger charge is -2.40. The molecule has 2 rings (SSSR count). The number of ether oxygens (including phenoxy) is 1. The van der Waals surface area contributed by atoms with E-state index in [4.69, 9.17) is 16.2 Å². The summed E-state index contributed by atoms with van der Waals surface area (Å²) < 4.78 is 44.1. The molecule has 1 amide bonds. The molecular formula is C13H15F3N4O2. The van der Waals surface area contributed by atoms with E-state index in [9.17, 15) is 18.0 Å². The Balaban J connectivity index is 2.46. The van der Waals surface area contributed by atoms with E-state index in [0.29, 0.717) is 0 Å². The summed E-state index contributed by atoms with van der Waals surface area (Å²) in [6, 6.07) is 4.42. The van der Waals surface area contributed by atoms with Crippen molar-refractivity contribution < 1.29 is 22.7 Å². The zero-order valence-electron chi connectivity index (χ0n) is 11.9. The van der Waals surface area contributed by atoms with Crippen LogP contribution in [0.25, 0.3) is 0 Å². The van der Waals surface area contributed by atoms with Crippen molar-refractivity contribution in [3.05, 3.63) is 29.6 Å². The van der Waals surface area contributed by atoms with Crippen molar-refractivity contribution in [2.45, 2.75) is 31.2 Å². The first-order valence-electron chi connectivity index (χ1n) is 6.33. The largest absolute Gasteiger partial charge is 0.424 e. The number of nitrogens with zero attached hydrogens (tertiary/aromatic N) is 2. The predicted molar refractivity (Wildman–Crippen MR) is 72.1 cm³/mol. The molecule has 0 saturated carbocycles. The van der Waals surface area contributed by atoms with Gasteiger partial charge in [-0.05, 0) is 26.0 Å². The van der Waals surface area contributed by atoms with Crippen LogP contribution in [0.3, 0.4) is 0 Å². The number of nitrogens with two attached hydrogens (primary N) is 2. The Morgan fingerprint density at radius 2 is 2.00 bits per heavy atom. The molecule has 6 nitrogen and oxygen atoms in total. The predicted octanol–water partition coefficient (Wildman–Crippen LogP) is 1.10. The van der Waals surface area contributed by atoms with E-state index in [0.717, 1.165) is 6.92 Å². The Morgan fingerprint density at radius 3 is 2.50 bits per heavy atom. The zero-order valence-corrected chi connectivity index (χ0v) is 11.9. The summed E-state index contributed by atoms with van der Waals surface area (Å²) in [4.78, 5) is 19.1. The minimum atomic E-state index is -4.69. The number of rotatable bonds is 2. The van der Waals surface area contributed by atoms with Crippen LogP contribution >= 0.6 is 0 Å². The van der Waals surface area contributed by atoms with Gasteiger partial charge < -0.3 is 16.2 Å². The number of amides is 1. The normalized spacial score (nSPS) is 29.0. The Morgan fingerprint density at radius 1 is 1.36 bits per heavy atom. The number of carbonyl (C=O) groups is 1. The fourth-order valence-corrected chi connectivity index (χ4v) is 1.99. The van der Waals surface area contributed by atoms with Crippen molar-refractivity contribution in [2.24, 2.45) is 16.5 Å². The number of amidine groups is 1. The molecule has 0 bridgehead atoms. The topological polar surface area (TPSA) is 104 Å². The number of halogens is 3. The molecule has 9 heteroatoms. The summed E-state index contributed by atoms with van der Waals surface area (Å²) in [5, 5.41) is 0. The van der Waals surface area contributed by atoms with Gasteiger partial charge in [-0.2, -0.15) is 13.2 Å². The van der Waals surface area contributed by atoms with Crippen LogP contribution in [0.15, 0.2) is 23.2 Å². The highest BCUT2D eigenvalue weighted by Crippen LogP contribution is 2.40. The van der Waals surface area contributed by atoms with Gasteiger partial charge in [0.2, 0.25) is 5.60 Å². The van der Waals surface area contributed by atoms with Gasteiger partial charge >= 0.3 is 6.18 Å². The highest BCUT2D eigenvalue weighted by Gasteiger charge is 2.59. The fraction of sp³-hybridized carbons (Fsp3) is 0.462. The maximum atomic E-state index is 13.0. The van der Waals surface area contributed by atoms with Crippen LogP contribution in [0.1, 0.15) is 30.0 Å².